The van der Waals surface area contributed by atoms with Crippen molar-refractivity contribution in [2.75, 3.05) is 6.54 Å². The summed E-state index contributed by atoms with van der Waals surface area (Å²) in [6, 6.07) is 9.28. The maximum Gasteiger partial charge on any atom is 0.291 e. The normalized spacial score (nSPS) is 10.0. The number of rotatable bonds is 5. The molecular weight excluding hydrogens is 254 g/mol. The Morgan fingerprint density at radius 1 is 1.40 bits per heavy atom. The summed E-state index contributed by atoms with van der Waals surface area (Å²) in [7, 11) is 0. The summed E-state index contributed by atoms with van der Waals surface area (Å²) in [5.74, 6) is 0.0702. The summed E-state index contributed by atoms with van der Waals surface area (Å²) in [6.45, 7) is 3.14. The molecule has 1 N–H and O–H groups in total. The number of nitrogens with one attached hydrogen (secondary N) is 1. The Morgan fingerprint density at radius 3 is 2.70 bits per heavy atom. The molecule has 1 aromatic heterocycles. The SMILES string of the molecule is CCCN(Cc1ccc(C#N)cc1)C(=O)c1ncn[nH]1. The lowest BCUT2D eigenvalue weighted by molar-refractivity contribution is 0.0731. The van der Waals surface area contributed by atoms with Crippen LogP contribution in [-0.4, -0.2) is 32.5 Å². The smallest absolute Gasteiger partial charge is 0.291 e. The molecule has 0 saturated heterocycles. The van der Waals surface area contributed by atoms with Crippen molar-refractivity contribution in [3.8, 4) is 6.07 Å². The predicted molar refractivity (Wildman–Crippen MR) is 72.6 cm³/mol. The van der Waals surface area contributed by atoms with Crippen LogP contribution in [0.25, 0.3) is 0 Å². The zero-order chi connectivity index (χ0) is 14.4. The summed E-state index contributed by atoms with van der Waals surface area (Å²) in [4.78, 5) is 17.9. The van der Waals surface area contributed by atoms with Crippen LogP contribution in [0, 0.1) is 11.3 Å². The number of H-pyrrole nitrogens is 1. The summed E-state index contributed by atoms with van der Waals surface area (Å²) >= 11 is 0. The van der Waals surface area contributed by atoms with Gasteiger partial charge >= 0.3 is 0 Å². The molecule has 0 aliphatic heterocycles. The van der Waals surface area contributed by atoms with Crippen LogP contribution in [0.4, 0.5) is 0 Å². The van der Waals surface area contributed by atoms with Crippen LogP contribution in [0.15, 0.2) is 30.6 Å². The van der Waals surface area contributed by atoms with Gasteiger partial charge in [-0.25, -0.2) is 4.98 Å². The van der Waals surface area contributed by atoms with Crippen LogP contribution in [0.2, 0.25) is 0 Å². The van der Waals surface area contributed by atoms with Gasteiger partial charge in [0.15, 0.2) is 0 Å². The minimum absolute atomic E-state index is 0.172. The molecule has 1 aromatic carbocycles. The molecule has 2 aromatic rings. The molecule has 0 saturated carbocycles. The Labute approximate surface area is 117 Å². The first-order valence-electron chi connectivity index (χ1n) is 6.38. The zero-order valence-corrected chi connectivity index (χ0v) is 11.2. The molecule has 0 atom stereocenters. The number of benzene rings is 1. The standard InChI is InChI=1S/C14H15N5O/c1-2-7-19(14(20)13-16-10-17-18-13)9-12-5-3-11(8-15)4-6-12/h3-6,10H,2,7,9H2,1H3,(H,16,17,18). The van der Waals surface area contributed by atoms with Crippen molar-refractivity contribution >= 4 is 5.91 Å². The van der Waals surface area contributed by atoms with Crippen molar-refractivity contribution in [3.05, 3.63) is 47.5 Å². The van der Waals surface area contributed by atoms with E-state index in [-0.39, 0.29) is 11.7 Å². The number of nitriles is 1. The molecule has 1 heterocycles. The molecule has 0 fully saturated rings. The van der Waals surface area contributed by atoms with E-state index in [2.05, 4.69) is 21.3 Å². The molecular formula is C14H15N5O. The zero-order valence-electron chi connectivity index (χ0n) is 11.2. The van der Waals surface area contributed by atoms with Gasteiger partial charge in [-0.05, 0) is 24.1 Å². The molecule has 2 rings (SSSR count). The van der Waals surface area contributed by atoms with Crippen LogP contribution < -0.4 is 0 Å². The fraction of sp³-hybridized carbons (Fsp3) is 0.286. The van der Waals surface area contributed by atoms with E-state index in [4.69, 9.17) is 5.26 Å². The number of amides is 1. The number of carbonyl (C=O) groups is 1. The third-order valence-corrected chi connectivity index (χ3v) is 2.85. The summed E-state index contributed by atoms with van der Waals surface area (Å²) in [5.41, 5.74) is 1.59. The van der Waals surface area contributed by atoms with E-state index in [0.717, 1.165) is 12.0 Å². The first-order chi connectivity index (χ1) is 9.74. The van der Waals surface area contributed by atoms with Crippen molar-refractivity contribution < 1.29 is 4.79 Å². The lowest BCUT2D eigenvalue weighted by atomic mass is 10.1. The Kier molecular flexibility index (Phi) is 4.45. The highest BCUT2D eigenvalue weighted by atomic mass is 16.2. The highest BCUT2D eigenvalue weighted by Crippen LogP contribution is 2.09. The summed E-state index contributed by atoms with van der Waals surface area (Å²) in [6.07, 6.45) is 2.18. The van der Waals surface area contributed by atoms with E-state index in [1.54, 1.807) is 17.0 Å². The Morgan fingerprint density at radius 2 is 2.15 bits per heavy atom. The van der Waals surface area contributed by atoms with E-state index < -0.39 is 0 Å². The molecule has 0 aliphatic rings. The number of aromatic nitrogens is 3. The van der Waals surface area contributed by atoms with Crippen molar-refractivity contribution in [1.82, 2.24) is 20.1 Å². The Balaban J connectivity index is 2.12. The lowest BCUT2D eigenvalue weighted by Crippen LogP contribution is -2.32. The quantitative estimate of drug-likeness (QED) is 0.895. The largest absolute Gasteiger partial charge is 0.332 e. The van der Waals surface area contributed by atoms with Crippen LogP contribution in [-0.2, 0) is 6.54 Å². The van der Waals surface area contributed by atoms with E-state index >= 15 is 0 Å². The van der Waals surface area contributed by atoms with Gasteiger partial charge in [-0.15, -0.1) is 0 Å². The van der Waals surface area contributed by atoms with Gasteiger partial charge in [0.25, 0.3) is 5.91 Å². The van der Waals surface area contributed by atoms with Gasteiger partial charge in [-0.2, -0.15) is 10.4 Å². The Hall–Kier alpha value is -2.68. The second-order valence-electron chi connectivity index (χ2n) is 4.37. The maximum absolute atomic E-state index is 12.3. The van der Waals surface area contributed by atoms with Crippen molar-refractivity contribution in [3.63, 3.8) is 0 Å². The fourth-order valence-corrected chi connectivity index (χ4v) is 1.89. The van der Waals surface area contributed by atoms with Crippen LogP contribution in [0.1, 0.15) is 35.1 Å². The van der Waals surface area contributed by atoms with Crippen molar-refractivity contribution in [2.45, 2.75) is 19.9 Å². The minimum atomic E-state index is -0.172. The van der Waals surface area contributed by atoms with Crippen molar-refractivity contribution in [2.24, 2.45) is 0 Å². The molecule has 0 radical (unpaired) electrons. The lowest BCUT2D eigenvalue weighted by Gasteiger charge is -2.21. The summed E-state index contributed by atoms with van der Waals surface area (Å²) in [5, 5.41) is 15.1. The Bertz CT molecular complexity index is 597. The molecule has 0 bridgehead atoms. The van der Waals surface area contributed by atoms with Crippen LogP contribution in [0.5, 0.6) is 0 Å². The van der Waals surface area contributed by atoms with Crippen LogP contribution >= 0.6 is 0 Å². The molecule has 0 spiro atoms. The number of nitrogens with zero attached hydrogens (tertiary/aromatic N) is 4. The average Bonchev–Trinajstić information content (AvgIpc) is 3.01. The number of hydrogen-bond donors (Lipinski definition) is 1. The summed E-state index contributed by atoms with van der Waals surface area (Å²) < 4.78 is 0. The highest BCUT2D eigenvalue weighted by Gasteiger charge is 2.17. The van der Waals surface area contributed by atoms with E-state index in [0.29, 0.717) is 18.7 Å². The van der Waals surface area contributed by atoms with Gasteiger partial charge in [-0.1, -0.05) is 19.1 Å². The van der Waals surface area contributed by atoms with E-state index in [9.17, 15) is 4.79 Å². The molecule has 0 aliphatic carbocycles. The second-order valence-corrected chi connectivity index (χ2v) is 4.37. The minimum Gasteiger partial charge on any atom is -0.332 e. The first kappa shape index (κ1) is 13.7. The second kappa shape index (κ2) is 6.48. The van der Waals surface area contributed by atoms with Gasteiger partial charge in [0, 0.05) is 13.1 Å². The molecule has 20 heavy (non-hydrogen) atoms. The predicted octanol–water partition coefficient (Wildman–Crippen LogP) is 1.73. The number of aromatic amines is 1. The highest BCUT2D eigenvalue weighted by molar-refractivity contribution is 5.90. The van der Waals surface area contributed by atoms with Crippen LogP contribution in [0.3, 0.4) is 0 Å². The third kappa shape index (κ3) is 3.20. The van der Waals surface area contributed by atoms with Gasteiger partial charge in [0.05, 0.1) is 11.6 Å². The molecule has 0 unspecified atom stereocenters. The molecule has 6 nitrogen and oxygen atoms in total. The monoisotopic (exact) mass is 269 g/mol. The maximum atomic E-state index is 12.3. The number of hydrogen-bond acceptors (Lipinski definition) is 4. The number of carbonyl (C=O) groups excluding carboxylic acids is 1. The van der Waals surface area contributed by atoms with Gasteiger partial charge < -0.3 is 4.90 Å². The topological polar surface area (TPSA) is 85.7 Å². The molecule has 6 heteroatoms. The van der Waals surface area contributed by atoms with Gasteiger partial charge in [0.1, 0.15) is 6.33 Å². The van der Waals surface area contributed by atoms with Gasteiger partial charge in [-0.3, -0.25) is 9.89 Å². The average molecular weight is 269 g/mol. The van der Waals surface area contributed by atoms with E-state index in [1.165, 1.54) is 6.33 Å². The van der Waals surface area contributed by atoms with Crippen molar-refractivity contribution in [1.29, 1.82) is 5.26 Å². The molecule has 1 amide bonds. The molecule has 102 valence electrons. The third-order valence-electron chi connectivity index (χ3n) is 2.85. The van der Waals surface area contributed by atoms with Gasteiger partial charge in [0.2, 0.25) is 5.82 Å². The fourth-order valence-electron chi connectivity index (χ4n) is 1.89. The first-order valence-corrected chi connectivity index (χ1v) is 6.38. The van der Waals surface area contributed by atoms with E-state index in [1.807, 2.05) is 19.1 Å².